The van der Waals surface area contributed by atoms with Gasteiger partial charge in [-0.25, -0.2) is 4.79 Å². The third-order valence-electron chi connectivity index (χ3n) is 6.20. The highest BCUT2D eigenvalue weighted by Gasteiger charge is 2.34. The monoisotopic (exact) mass is 422 g/mol. The van der Waals surface area contributed by atoms with Gasteiger partial charge >= 0.3 is 12.1 Å². The fourth-order valence-electron chi connectivity index (χ4n) is 4.74. The first kappa shape index (κ1) is 20.9. The maximum atomic E-state index is 12.4. The molecule has 2 aliphatic carbocycles. The van der Waals surface area contributed by atoms with Crippen LogP contribution in [0.5, 0.6) is 0 Å². The molecule has 0 saturated heterocycles. The van der Waals surface area contributed by atoms with Crippen LogP contribution in [0.2, 0.25) is 0 Å². The molecule has 7 nitrogen and oxygen atoms in total. The Hall–Kier alpha value is -3.35. The van der Waals surface area contributed by atoms with E-state index in [0.717, 1.165) is 11.1 Å². The van der Waals surface area contributed by atoms with Gasteiger partial charge in [0.2, 0.25) is 5.91 Å². The van der Waals surface area contributed by atoms with E-state index in [1.807, 2.05) is 24.3 Å². The molecule has 1 fully saturated rings. The molecular formula is C24H26N2O5. The lowest BCUT2D eigenvalue weighted by molar-refractivity contribution is -0.145. The molecule has 2 N–H and O–H groups in total. The lowest BCUT2D eigenvalue weighted by atomic mass is 9.98. The van der Waals surface area contributed by atoms with Crippen LogP contribution in [0.3, 0.4) is 0 Å². The van der Waals surface area contributed by atoms with Gasteiger partial charge in [0.1, 0.15) is 13.2 Å². The number of likely N-dealkylation sites (N-methyl/N-ethyl adjacent to an activating group) is 1. The topological polar surface area (TPSA) is 95.9 Å². The second kappa shape index (κ2) is 8.79. The van der Waals surface area contributed by atoms with Crippen LogP contribution in [0.25, 0.3) is 11.1 Å². The van der Waals surface area contributed by atoms with Gasteiger partial charge in [-0.15, -0.1) is 0 Å². The van der Waals surface area contributed by atoms with Crippen LogP contribution in [0.1, 0.15) is 36.3 Å². The molecule has 2 aliphatic rings. The molecule has 0 aliphatic heterocycles. The van der Waals surface area contributed by atoms with Gasteiger partial charge < -0.3 is 20.1 Å². The molecule has 0 heterocycles. The Balaban J connectivity index is 1.32. The predicted molar refractivity (Wildman–Crippen MR) is 115 cm³/mol. The number of nitrogens with zero attached hydrogens (tertiary/aromatic N) is 1. The summed E-state index contributed by atoms with van der Waals surface area (Å²) >= 11 is 0. The third-order valence-corrected chi connectivity index (χ3v) is 6.20. The first-order valence-electron chi connectivity index (χ1n) is 10.5. The van der Waals surface area contributed by atoms with Gasteiger partial charge in [-0.05, 0) is 41.5 Å². The number of benzene rings is 2. The summed E-state index contributed by atoms with van der Waals surface area (Å²) < 4.78 is 5.57. The van der Waals surface area contributed by atoms with Gasteiger partial charge in [-0.1, -0.05) is 48.5 Å². The number of nitrogens with one attached hydrogen (secondary N) is 1. The summed E-state index contributed by atoms with van der Waals surface area (Å²) in [7, 11) is 1.49. The second-order valence-corrected chi connectivity index (χ2v) is 8.26. The van der Waals surface area contributed by atoms with Crippen molar-refractivity contribution in [3.63, 3.8) is 0 Å². The van der Waals surface area contributed by atoms with Gasteiger partial charge in [-0.3, -0.25) is 9.59 Å². The van der Waals surface area contributed by atoms with E-state index in [2.05, 4.69) is 29.6 Å². The van der Waals surface area contributed by atoms with Gasteiger partial charge in [-0.2, -0.15) is 0 Å². The smallest absolute Gasteiger partial charge is 0.407 e. The summed E-state index contributed by atoms with van der Waals surface area (Å²) in [4.78, 5) is 36.8. The van der Waals surface area contributed by atoms with Crippen molar-refractivity contribution >= 4 is 18.0 Å². The number of alkyl carbamates (subject to hydrolysis) is 1. The highest BCUT2D eigenvalue weighted by Crippen LogP contribution is 2.44. The number of carbonyl (C=O) groups excluding carboxylic acids is 2. The zero-order valence-corrected chi connectivity index (χ0v) is 17.4. The van der Waals surface area contributed by atoms with Crippen LogP contribution in [0.15, 0.2) is 48.5 Å². The number of hydrogen-bond acceptors (Lipinski definition) is 4. The molecule has 4 rings (SSSR count). The van der Waals surface area contributed by atoms with Crippen molar-refractivity contribution in [1.82, 2.24) is 10.2 Å². The Kier molecular flexibility index (Phi) is 5.93. The van der Waals surface area contributed by atoms with E-state index in [0.29, 0.717) is 19.3 Å². The van der Waals surface area contributed by atoms with E-state index < -0.39 is 12.1 Å². The Morgan fingerprint density at radius 3 is 2.26 bits per heavy atom. The Labute approximate surface area is 181 Å². The molecule has 0 aromatic heterocycles. The molecule has 7 heteroatoms. The minimum absolute atomic E-state index is 0.000669. The molecule has 0 bridgehead atoms. The van der Waals surface area contributed by atoms with Gasteiger partial charge in [0.05, 0.1) is 0 Å². The van der Waals surface area contributed by atoms with Gasteiger partial charge in [0.15, 0.2) is 0 Å². The van der Waals surface area contributed by atoms with Crippen molar-refractivity contribution in [3.8, 4) is 11.1 Å². The number of amides is 2. The fourth-order valence-corrected chi connectivity index (χ4v) is 4.74. The Bertz CT molecular complexity index is 959. The number of aliphatic carboxylic acids is 1. The van der Waals surface area contributed by atoms with Crippen LogP contribution in [0, 0.1) is 5.92 Å². The molecule has 2 amide bonds. The highest BCUT2D eigenvalue weighted by molar-refractivity contribution is 5.83. The van der Waals surface area contributed by atoms with Crippen LogP contribution < -0.4 is 5.32 Å². The molecule has 0 spiro atoms. The summed E-state index contributed by atoms with van der Waals surface area (Å²) in [6, 6.07) is 16.2. The van der Waals surface area contributed by atoms with E-state index in [-0.39, 0.29) is 36.9 Å². The van der Waals surface area contributed by atoms with E-state index >= 15 is 0 Å². The number of rotatable bonds is 6. The first-order chi connectivity index (χ1) is 14.9. The minimum atomic E-state index is -1.04. The fraction of sp³-hybridized carbons (Fsp3) is 0.375. The summed E-state index contributed by atoms with van der Waals surface area (Å²) in [5.74, 6) is -1.51. The molecule has 2 atom stereocenters. The van der Waals surface area contributed by atoms with Crippen molar-refractivity contribution in [2.24, 2.45) is 5.92 Å². The van der Waals surface area contributed by atoms with Crippen LogP contribution in [0.4, 0.5) is 4.79 Å². The quantitative estimate of drug-likeness (QED) is 0.745. The zero-order chi connectivity index (χ0) is 22.0. The van der Waals surface area contributed by atoms with Crippen molar-refractivity contribution in [1.29, 1.82) is 0 Å². The van der Waals surface area contributed by atoms with Gasteiger partial charge in [0, 0.05) is 24.9 Å². The third kappa shape index (κ3) is 4.40. The SMILES string of the molecule is CN(CC(=O)O)C(=O)[C@H]1CC[C@@H](NC(=O)OCC2c3ccccc3-c3ccccc32)C1. The van der Waals surface area contributed by atoms with E-state index in [4.69, 9.17) is 9.84 Å². The van der Waals surface area contributed by atoms with Crippen LogP contribution in [-0.4, -0.2) is 54.2 Å². The highest BCUT2D eigenvalue weighted by atomic mass is 16.5. The number of carboxylic acids is 1. The summed E-state index contributed by atoms with van der Waals surface area (Å²) in [6.07, 6.45) is 1.30. The van der Waals surface area contributed by atoms with Crippen molar-refractivity contribution < 1.29 is 24.2 Å². The summed E-state index contributed by atoms with van der Waals surface area (Å²) in [6.45, 7) is -0.0733. The average molecular weight is 422 g/mol. The molecule has 162 valence electrons. The maximum absolute atomic E-state index is 12.4. The Morgan fingerprint density at radius 1 is 1.03 bits per heavy atom. The number of ether oxygens (including phenoxy) is 1. The van der Waals surface area contributed by atoms with E-state index in [9.17, 15) is 14.4 Å². The van der Waals surface area contributed by atoms with E-state index in [1.165, 1.54) is 23.1 Å². The Morgan fingerprint density at radius 2 is 1.65 bits per heavy atom. The summed E-state index contributed by atoms with van der Waals surface area (Å²) in [5, 5.41) is 11.7. The molecular weight excluding hydrogens is 396 g/mol. The molecule has 2 aromatic rings. The lowest BCUT2D eigenvalue weighted by Crippen LogP contribution is -2.38. The average Bonchev–Trinajstić information content (AvgIpc) is 3.34. The standard InChI is InChI=1S/C24H26N2O5/c1-26(13-22(27)28)23(29)15-10-11-16(12-15)25-24(30)31-14-21-19-8-4-2-6-17(19)18-7-3-5-9-20(18)21/h2-9,15-16,21H,10-14H2,1H3,(H,25,30)(H,27,28)/t15-,16+/m0/s1. The number of fused-ring (bicyclic) bond motifs is 3. The number of hydrogen-bond donors (Lipinski definition) is 2. The van der Waals surface area contributed by atoms with E-state index in [1.54, 1.807) is 0 Å². The zero-order valence-electron chi connectivity index (χ0n) is 17.4. The second-order valence-electron chi connectivity index (χ2n) is 8.26. The molecule has 0 unspecified atom stereocenters. The molecule has 2 aromatic carbocycles. The predicted octanol–water partition coefficient (Wildman–Crippen LogP) is 3.24. The van der Waals surface area contributed by atoms with Crippen LogP contribution in [-0.2, 0) is 14.3 Å². The first-order valence-corrected chi connectivity index (χ1v) is 10.5. The number of carbonyl (C=O) groups is 3. The molecule has 1 saturated carbocycles. The lowest BCUT2D eigenvalue weighted by Gasteiger charge is -2.19. The van der Waals surface area contributed by atoms with Crippen molar-refractivity contribution in [2.45, 2.75) is 31.2 Å². The minimum Gasteiger partial charge on any atom is -0.480 e. The molecule has 0 radical (unpaired) electrons. The maximum Gasteiger partial charge on any atom is 0.407 e. The molecule has 31 heavy (non-hydrogen) atoms. The van der Waals surface area contributed by atoms with Gasteiger partial charge in [0.25, 0.3) is 0 Å². The normalized spacial score (nSPS) is 19.4. The summed E-state index contributed by atoms with van der Waals surface area (Å²) in [5.41, 5.74) is 4.67. The van der Waals surface area contributed by atoms with Crippen LogP contribution >= 0.6 is 0 Å². The van der Waals surface area contributed by atoms with Crippen molar-refractivity contribution in [2.75, 3.05) is 20.2 Å². The van der Waals surface area contributed by atoms with Crippen molar-refractivity contribution in [3.05, 3.63) is 59.7 Å². The largest absolute Gasteiger partial charge is 0.480 e. The number of carboxylic acid groups (broad SMARTS) is 1.